The zero-order valence-corrected chi connectivity index (χ0v) is 25.9. The molecule has 0 aliphatic rings. The molecule has 0 bridgehead atoms. The van der Waals surface area contributed by atoms with Crippen molar-refractivity contribution < 1.29 is 18.1 Å². The van der Waals surface area contributed by atoms with Crippen LogP contribution in [0.3, 0.4) is 0 Å². The van der Waals surface area contributed by atoms with Crippen LogP contribution in [-0.4, -0.2) is 9.05 Å². The first kappa shape index (κ1) is 35.2. The Balaban J connectivity index is 5.74. The van der Waals surface area contributed by atoms with Crippen molar-refractivity contribution >= 4 is 9.05 Å². The summed E-state index contributed by atoms with van der Waals surface area (Å²) in [5.41, 5.74) is 15.4. The SMILES string of the molecule is CCCCC=C(C)NO[Si](ONC(C)=CCCCC)(ONC(C)=CCCCC)ONC(C)=CCCCC. The van der Waals surface area contributed by atoms with E-state index in [9.17, 15) is 0 Å². The van der Waals surface area contributed by atoms with Gasteiger partial charge in [0.2, 0.25) is 0 Å². The second kappa shape index (κ2) is 23.3. The van der Waals surface area contributed by atoms with Crippen LogP contribution in [0.2, 0.25) is 0 Å². The zero-order chi connectivity index (χ0) is 27.8. The first-order chi connectivity index (χ1) is 17.8. The maximum Gasteiger partial charge on any atom is 0.769 e. The van der Waals surface area contributed by atoms with Crippen LogP contribution in [0, 0.1) is 0 Å². The first-order valence-electron chi connectivity index (χ1n) is 14.2. The molecule has 0 aromatic rings. The number of rotatable bonds is 24. The molecule has 0 heterocycles. The van der Waals surface area contributed by atoms with Gasteiger partial charge < -0.3 is 0 Å². The minimum atomic E-state index is -3.84. The minimum absolute atomic E-state index is 0.863. The van der Waals surface area contributed by atoms with Gasteiger partial charge in [-0.15, -0.1) is 0 Å². The van der Waals surface area contributed by atoms with E-state index < -0.39 is 9.05 Å². The quantitative estimate of drug-likeness (QED) is 0.0559. The molecule has 0 saturated carbocycles. The van der Waals surface area contributed by atoms with E-state index in [0.29, 0.717) is 0 Å². The van der Waals surface area contributed by atoms with Crippen molar-refractivity contribution in [2.75, 3.05) is 0 Å². The van der Waals surface area contributed by atoms with Crippen molar-refractivity contribution in [2.24, 2.45) is 0 Å². The van der Waals surface area contributed by atoms with Gasteiger partial charge in [0.25, 0.3) is 0 Å². The summed E-state index contributed by atoms with van der Waals surface area (Å²) < 4.78 is 24.1. The molecule has 0 rings (SSSR count). The molecular weight excluding hydrogens is 484 g/mol. The molecule has 8 nitrogen and oxygen atoms in total. The van der Waals surface area contributed by atoms with Crippen LogP contribution < -0.4 is 21.9 Å². The lowest BCUT2D eigenvalue weighted by Gasteiger charge is -2.28. The van der Waals surface area contributed by atoms with Crippen molar-refractivity contribution in [3.8, 4) is 0 Å². The Morgan fingerprint density at radius 3 is 0.865 bits per heavy atom. The number of hydrogen-bond acceptors (Lipinski definition) is 8. The Kier molecular flexibility index (Phi) is 22.2. The average molecular weight is 541 g/mol. The lowest BCUT2D eigenvalue weighted by Crippen LogP contribution is -2.59. The summed E-state index contributed by atoms with van der Waals surface area (Å²) in [5.74, 6) is 0. The standard InChI is InChI=1S/C28H56N4O4Si/c1-9-13-17-21-25(5)29-33-37(34-30-26(6)22-18-14-10-2,35-31-27(7)23-19-15-11-3)36-32-28(8)24-20-16-12-4/h21-24,29-32H,9-20H2,1-8H3. The van der Waals surface area contributed by atoms with E-state index in [2.05, 4.69) is 73.9 Å². The maximum atomic E-state index is 6.04. The largest absolute Gasteiger partial charge is 0.769 e. The third-order valence-corrected chi connectivity index (χ3v) is 6.79. The van der Waals surface area contributed by atoms with Crippen molar-refractivity contribution in [3.05, 3.63) is 47.1 Å². The normalized spacial score (nSPS) is 14.9. The van der Waals surface area contributed by atoms with Gasteiger partial charge in [0.05, 0.1) is 0 Å². The van der Waals surface area contributed by atoms with Crippen molar-refractivity contribution in [2.45, 2.75) is 132 Å². The lowest BCUT2D eigenvalue weighted by molar-refractivity contribution is -0.107. The maximum absolute atomic E-state index is 6.04. The fourth-order valence-corrected chi connectivity index (χ4v) is 4.35. The third kappa shape index (κ3) is 19.9. The highest BCUT2D eigenvalue weighted by atomic mass is 28.4. The van der Waals surface area contributed by atoms with Gasteiger partial charge in [-0.05, 0) is 53.4 Å². The van der Waals surface area contributed by atoms with Gasteiger partial charge in [-0.1, -0.05) is 103 Å². The van der Waals surface area contributed by atoms with Crippen LogP contribution in [0.15, 0.2) is 47.1 Å². The second-order valence-electron chi connectivity index (χ2n) is 9.43. The molecule has 0 radical (unpaired) electrons. The predicted molar refractivity (Wildman–Crippen MR) is 156 cm³/mol. The topological polar surface area (TPSA) is 85.0 Å². The number of unbranched alkanes of at least 4 members (excludes halogenated alkanes) is 8. The van der Waals surface area contributed by atoms with E-state index in [4.69, 9.17) is 18.1 Å². The van der Waals surface area contributed by atoms with Crippen LogP contribution >= 0.6 is 0 Å². The Morgan fingerprint density at radius 2 is 0.676 bits per heavy atom. The van der Waals surface area contributed by atoms with Crippen LogP contribution in [0.4, 0.5) is 0 Å². The van der Waals surface area contributed by atoms with Gasteiger partial charge in [0.1, 0.15) is 0 Å². The van der Waals surface area contributed by atoms with Crippen LogP contribution in [-0.2, 0) is 18.1 Å². The van der Waals surface area contributed by atoms with Crippen molar-refractivity contribution in [1.82, 2.24) is 21.9 Å². The van der Waals surface area contributed by atoms with Crippen molar-refractivity contribution in [3.63, 3.8) is 0 Å². The molecule has 0 atom stereocenters. The molecule has 0 aliphatic carbocycles. The monoisotopic (exact) mass is 540 g/mol. The molecule has 9 heteroatoms. The van der Waals surface area contributed by atoms with Crippen molar-refractivity contribution in [1.29, 1.82) is 0 Å². The molecule has 0 aromatic heterocycles. The van der Waals surface area contributed by atoms with Gasteiger partial charge in [-0.3, -0.25) is 21.9 Å². The highest BCUT2D eigenvalue weighted by molar-refractivity contribution is 6.53. The molecule has 0 fully saturated rings. The van der Waals surface area contributed by atoms with E-state index >= 15 is 0 Å². The average Bonchev–Trinajstić information content (AvgIpc) is 2.88. The summed E-state index contributed by atoms with van der Waals surface area (Å²) >= 11 is 0. The Morgan fingerprint density at radius 1 is 0.459 bits per heavy atom. The van der Waals surface area contributed by atoms with Gasteiger partial charge in [0.15, 0.2) is 0 Å². The summed E-state index contributed by atoms with van der Waals surface area (Å²) in [6, 6.07) is 0. The van der Waals surface area contributed by atoms with Crippen LogP contribution in [0.1, 0.15) is 132 Å². The first-order valence-corrected chi connectivity index (χ1v) is 15.9. The smallest absolute Gasteiger partial charge is 0.276 e. The predicted octanol–water partition coefficient (Wildman–Crippen LogP) is 7.88. The highest BCUT2D eigenvalue weighted by Crippen LogP contribution is 2.12. The molecule has 0 unspecified atom stereocenters. The fourth-order valence-electron chi connectivity index (χ4n) is 2.95. The summed E-state index contributed by atoms with van der Waals surface area (Å²) in [4.78, 5) is 0. The van der Waals surface area contributed by atoms with E-state index in [1.807, 2.05) is 27.7 Å². The van der Waals surface area contributed by atoms with Gasteiger partial charge in [-0.25, -0.2) is 18.1 Å². The molecule has 0 aliphatic heterocycles. The molecule has 4 N–H and O–H groups in total. The lowest BCUT2D eigenvalue weighted by atomic mass is 10.2. The summed E-state index contributed by atoms with van der Waals surface area (Å²) in [5, 5.41) is 0. The number of allylic oxidation sites excluding steroid dienone is 8. The zero-order valence-electron chi connectivity index (χ0n) is 24.9. The summed E-state index contributed by atoms with van der Waals surface area (Å²) in [6.07, 6.45) is 21.2. The second-order valence-corrected chi connectivity index (χ2v) is 11.3. The van der Waals surface area contributed by atoms with E-state index in [1.165, 1.54) is 0 Å². The van der Waals surface area contributed by atoms with E-state index in [1.54, 1.807) is 0 Å². The molecule has 216 valence electrons. The van der Waals surface area contributed by atoms with Gasteiger partial charge >= 0.3 is 9.05 Å². The molecule has 0 amide bonds. The fraction of sp³-hybridized carbons (Fsp3) is 0.714. The van der Waals surface area contributed by atoms with Gasteiger partial charge in [0, 0.05) is 22.8 Å². The number of nitrogens with one attached hydrogen (secondary N) is 4. The molecule has 0 saturated heterocycles. The molecule has 37 heavy (non-hydrogen) atoms. The van der Waals surface area contributed by atoms with E-state index in [-0.39, 0.29) is 0 Å². The van der Waals surface area contributed by atoms with Crippen LogP contribution in [0.5, 0.6) is 0 Å². The minimum Gasteiger partial charge on any atom is -0.276 e. The Labute approximate surface area is 228 Å². The van der Waals surface area contributed by atoms with E-state index in [0.717, 1.165) is 99.8 Å². The highest BCUT2D eigenvalue weighted by Gasteiger charge is 2.52. The Bertz CT molecular complexity index is 578. The number of hydrogen-bond donors (Lipinski definition) is 4. The molecular formula is C28H56N4O4Si. The third-order valence-electron chi connectivity index (χ3n) is 5.38. The number of hydroxylamine groups is 4. The van der Waals surface area contributed by atoms with Crippen LogP contribution in [0.25, 0.3) is 0 Å². The summed E-state index contributed by atoms with van der Waals surface area (Å²) in [6.45, 7) is 16.5. The molecule has 0 spiro atoms. The van der Waals surface area contributed by atoms with Gasteiger partial charge in [-0.2, -0.15) is 0 Å². The summed E-state index contributed by atoms with van der Waals surface area (Å²) in [7, 11) is -3.84. The molecule has 0 aromatic carbocycles. The Hall–Kier alpha value is -1.78.